The van der Waals surface area contributed by atoms with Crippen LogP contribution >= 0.6 is 0 Å². The van der Waals surface area contributed by atoms with Gasteiger partial charge in [0, 0.05) is 18.4 Å². The largest absolute Gasteiger partial charge is 0.481 e. The first-order valence-corrected chi connectivity index (χ1v) is 7.16. The molecule has 6 heteroatoms. The van der Waals surface area contributed by atoms with E-state index in [-0.39, 0.29) is 18.5 Å². The van der Waals surface area contributed by atoms with Crippen LogP contribution < -0.4 is 5.32 Å². The number of aromatic nitrogens is 2. The molecule has 0 spiro atoms. The van der Waals surface area contributed by atoms with Crippen LogP contribution in [0.1, 0.15) is 38.5 Å². The van der Waals surface area contributed by atoms with Gasteiger partial charge in [0.25, 0.3) is 0 Å². The lowest BCUT2D eigenvalue weighted by molar-refractivity contribution is -0.143. The molecule has 1 aromatic rings. The Bertz CT molecular complexity index is 445. The third-order valence-electron chi connectivity index (χ3n) is 3.79. The van der Waals surface area contributed by atoms with Crippen LogP contribution in [0, 0.1) is 5.92 Å². The SMILES string of the molecule is O=C(Cn1cccn1)NC1CCCCCCC1C(=O)O. The van der Waals surface area contributed by atoms with E-state index >= 15 is 0 Å². The van der Waals surface area contributed by atoms with Gasteiger partial charge in [-0.05, 0) is 18.9 Å². The van der Waals surface area contributed by atoms with Gasteiger partial charge in [-0.2, -0.15) is 5.10 Å². The van der Waals surface area contributed by atoms with Crippen molar-refractivity contribution in [2.24, 2.45) is 5.92 Å². The van der Waals surface area contributed by atoms with Crippen LogP contribution in [0.15, 0.2) is 18.5 Å². The molecule has 0 saturated heterocycles. The monoisotopic (exact) mass is 279 g/mol. The number of hydrogen-bond donors (Lipinski definition) is 2. The molecule has 20 heavy (non-hydrogen) atoms. The highest BCUT2D eigenvalue weighted by atomic mass is 16.4. The van der Waals surface area contributed by atoms with Crippen LogP contribution in [0.4, 0.5) is 0 Å². The summed E-state index contributed by atoms with van der Waals surface area (Å²) in [5, 5.41) is 16.2. The molecule has 1 saturated carbocycles. The number of carbonyl (C=O) groups excluding carboxylic acids is 1. The zero-order chi connectivity index (χ0) is 14.4. The van der Waals surface area contributed by atoms with Gasteiger partial charge in [0.05, 0.1) is 5.92 Å². The average molecular weight is 279 g/mol. The van der Waals surface area contributed by atoms with Crippen molar-refractivity contribution in [3.05, 3.63) is 18.5 Å². The fourth-order valence-corrected chi connectivity index (χ4v) is 2.75. The molecule has 1 amide bonds. The topological polar surface area (TPSA) is 84.2 Å². The molecule has 1 aromatic heterocycles. The number of rotatable bonds is 4. The van der Waals surface area contributed by atoms with Crippen LogP contribution in [0.25, 0.3) is 0 Å². The Morgan fingerprint density at radius 1 is 1.25 bits per heavy atom. The van der Waals surface area contributed by atoms with Crippen LogP contribution in [-0.2, 0) is 16.1 Å². The van der Waals surface area contributed by atoms with Crippen molar-refractivity contribution in [3.8, 4) is 0 Å². The Labute approximate surface area is 118 Å². The number of hydrogen-bond acceptors (Lipinski definition) is 3. The van der Waals surface area contributed by atoms with E-state index in [4.69, 9.17) is 0 Å². The minimum atomic E-state index is -0.809. The lowest BCUT2D eigenvalue weighted by Crippen LogP contribution is -2.45. The van der Waals surface area contributed by atoms with Crippen LogP contribution in [-0.4, -0.2) is 32.8 Å². The fourth-order valence-electron chi connectivity index (χ4n) is 2.75. The molecular formula is C14H21N3O3. The summed E-state index contributed by atoms with van der Waals surface area (Å²) < 4.78 is 1.54. The molecule has 6 nitrogen and oxygen atoms in total. The van der Waals surface area contributed by atoms with E-state index in [0.29, 0.717) is 6.42 Å². The Hall–Kier alpha value is -1.85. The molecular weight excluding hydrogens is 258 g/mol. The fraction of sp³-hybridized carbons (Fsp3) is 0.643. The molecule has 2 unspecified atom stereocenters. The van der Waals surface area contributed by atoms with Gasteiger partial charge >= 0.3 is 5.97 Å². The predicted octanol–water partition coefficient (Wildman–Crippen LogP) is 1.42. The molecule has 0 aliphatic heterocycles. The van der Waals surface area contributed by atoms with Crippen molar-refractivity contribution in [1.29, 1.82) is 0 Å². The number of aliphatic carboxylic acids is 1. The molecule has 1 fully saturated rings. The zero-order valence-electron chi connectivity index (χ0n) is 11.5. The van der Waals surface area contributed by atoms with Gasteiger partial charge in [-0.25, -0.2) is 0 Å². The molecule has 2 atom stereocenters. The van der Waals surface area contributed by atoms with Crippen LogP contribution in [0.2, 0.25) is 0 Å². The molecule has 1 heterocycles. The lowest BCUT2D eigenvalue weighted by atomic mass is 9.87. The maximum absolute atomic E-state index is 12.0. The summed E-state index contributed by atoms with van der Waals surface area (Å²) in [6.45, 7) is 0.135. The molecule has 0 radical (unpaired) electrons. The highest BCUT2D eigenvalue weighted by molar-refractivity contribution is 5.77. The van der Waals surface area contributed by atoms with Gasteiger partial charge < -0.3 is 10.4 Å². The Kier molecular flexibility index (Phi) is 5.15. The first-order chi connectivity index (χ1) is 9.66. The van der Waals surface area contributed by atoms with Gasteiger partial charge in [-0.3, -0.25) is 14.3 Å². The van der Waals surface area contributed by atoms with E-state index in [1.54, 1.807) is 18.5 Å². The van der Waals surface area contributed by atoms with E-state index in [2.05, 4.69) is 10.4 Å². The van der Waals surface area contributed by atoms with Crippen molar-refractivity contribution in [3.63, 3.8) is 0 Å². The highest BCUT2D eigenvalue weighted by Gasteiger charge is 2.29. The standard InChI is InChI=1S/C14H21N3O3/c18-13(10-17-9-5-8-15-17)16-12-7-4-2-1-3-6-11(12)14(19)20/h5,8-9,11-12H,1-4,6-7,10H2,(H,16,18)(H,19,20). The second-order valence-corrected chi connectivity index (χ2v) is 5.31. The van der Waals surface area contributed by atoms with Gasteiger partial charge in [-0.1, -0.05) is 25.7 Å². The van der Waals surface area contributed by atoms with Crippen LogP contribution in [0.5, 0.6) is 0 Å². The smallest absolute Gasteiger partial charge is 0.308 e. The highest BCUT2D eigenvalue weighted by Crippen LogP contribution is 2.23. The number of nitrogens with one attached hydrogen (secondary N) is 1. The molecule has 110 valence electrons. The van der Waals surface area contributed by atoms with Gasteiger partial charge in [0.15, 0.2) is 0 Å². The number of carboxylic acid groups (broad SMARTS) is 1. The summed E-state index contributed by atoms with van der Waals surface area (Å²) in [5.41, 5.74) is 0. The third-order valence-corrected chi connectivity index (χ3v) is 3.79. The minimum Gasteiger partial charge on any atom is -0.481 e. The number of carbonyl (C=O) groups is 2. The second-order valence-electron chi connectivity index (χ2n) is 5.31. The van der Waals surface area contributed by atoms with E-state index in [1.807, 2.05) is 0 Å². The quantitative estimate of drug-likeness (QED) is 0.873. The molecule has 2 N–H and O–H groups in total. The maximum atomic E-state index is 12.0. The van der Waals surface area contributed by atoms with E-state index in [0.717, 1.165) is 32.1 Å². The lowest BCUT2D eigenvalue weighted by Gasteiger charge is -2.27. The van der Waals surface area contributed by atoms with Gasteiger partial charge in [0.2, 0.25) is 5.91 Å². The van der Waals surface area contributed by atoms with Gasteiger partial charge in [-0.15, -0.1) is 0 Å². The van der Waals surface area contributed by atoms with Crippen molar-refractivity contribution in [2.45, 2.75) is 51.1 Å². The van der Waals surface area contributed by atoms with Crippen molar-refractivity contribution in [2.75, 3.05) is 0 Å². The summed E-state index contributed by atoms with van der Waals surface area (Å²) in [6.07, 6.45) is 8.79. The van der Waals surface area contributed by atoms with Gasteiger partial charge in [0.1, 0.15) is 6.54 Å². The van der Waals surface area contributed by atoms with E-state index in [1.165, 1.54) is 4.68 Å². The molecule has 2 rings (SSSR count). The van der Waals surface area contributed by atoms with E-state index in [9.17, 15) is 14.7 Å². The Balaban J connectivity index is 1.95. The third kappa shape index (κ3) is 4.08. The van der Waals surface area contributed by atoms with Crippen LogP contribution in [0.3, 0.4) is 0 Å². The summed E-state index contributed by atoms with van der Waals surface area (Å²) >= 11 is 0. The Morgan fingerprint density at radius 2 is 2.00 bits per heavy atom. The predicted molar refractivity (Wildman–Crippen MR) is 73.0 cm³/mol. The first kappa shape index (κ1) is 14.6. The summed E-state index contributed by atoms with van der Waals surface area (Å²) in [7, 11) is 0. The molecule has 0 bridgehead atoms. The summed E-state index contributed by atoms with van der Waals surface area (Å²) in [6, 6.07) is 1.49. The minimum absolute atomic E-state index is 0.135. The van der Waals surface area contributed by atoms with Crippen molar-refractivity contribution >= 4 is 11.9 Å². The normalized spacial score (nSPS) is 23.6. The Morgan fingerprint density at radius 3 is 2.65 bits per heavy atom. The van der Waals surface area contributed by atoms with Crippen molar-refractivity contribution < 1.29 is 14.7 Å². The summed E-state index contributed by atoms with van der Waals surface area (Å²) in [5.74, 6) is -1.46. The van der Waals surface area contributed by atoms with Crippen molar-refractivity contribution in [1.82, 2.24) is 15.1 Å². The number of carboxylic acids is 1. The molecule has 0 aromatic carbocycles. The number of nitrogens with zero attached hydrogens (tertiary/aromatic N) is 2. The zero-order valence-corrected chi connectivity index (χ0v) is 11.5. The first-order valence-electron chi connectivity index (χ1n) is 7.16. The average Bonchev–Trinajstić information content (AvgIpc) is 2.85. The molecule has 1 aliphatic rings. The maximum Gasteiger partial charge on any atom is 0.308 e. The summed E-state index contributed by atoms with van der Waals surface area (Å²) in [4.78, 5) is 23.3. The number of amides is 1. The molecule has 1 aliphatic carbocycles. The second kappa shape index (κ2) is 7.07. The van der Waals surface area contributed by atoms with E-state index < -0.39 is 11.9 Å².